The van der Waals surface area contributed by atoms with E-state index in [9.17, 15) is 9.59 Å². The fraction of sp³-hybridized carbons (Fsp3) is 0.227. The van der Waals surface area contributed by atoms with E-state index in [1.54, 1.807) is 15.5 Å². The number of fused-ring (bicyclic) bond motifs is 1. The Morgan fingerprint density at radius 3 is 2.31 bits per heavy atom. The van der Waals surface area contributed by atoms with E-state index in [1.165, 1.54) is 4.57 Å². The first kappa shape index (κ1) is 18.7. The van der Waals surface area contributed by atoms with Crippen LogP contribution >= 0.6 is 0 Å². The van der Waals surface area contributed by atoms with Gasteiger partial charge in [0.1, 0.15) is 12.4 Å². The lowest BCUT2D eigenvalue weighted by Crippen LogP contribution is -2.42. The molecule has 0 fully saturated rings. The second kappa shape index (κ2) is 8.18. The third-order valence-electron chi connectivity index (χ3n) is 4.83. The smallest absolute Gasteiger partial charge is 0.333 e. The summed E-state index contributed by atoms with van der Waals surface area (Å²) in [5.41, 5.74) is 1.08. The second-order valence-electron chi connectivity index (χ2n) is 6.68. The van der Waals surface area contributed by atoms with Crippen LogP contribution in [0.2, 0.25) is 0 Å². The summed E-state index contributed by atoms with van der Waals surface area (Å²) in [6.07, 6.45) is 1.61. The number of rotatable bonds is 7. The fourth-order valence-corrected chi connectivity index (χ4v) is 3.36. The maximum atomic E-state index is 13.2. The molecule has 0 radical (unpaired) electrons. The van der Waals surface area contributed by atoms with Crippen molar-refractivity contribution in [1.29, 1.82) is 0 Å². The number of hydrogen-bond acceptors (Lipinski definition) is 4. The van der Waals surface area contributed by atoms with Gasteiger partial charge < -0.3 is 9.30 Å². The van der Waals surface area contributed by atoms with Gasteiger partial charge in [0.15, 0.2) is 11.2 Å². The van der Waals surface area contributed by atoms with Gasteiger partial charge in [0.05, 0.1) is 19.4 Å². The van der Waals surface area contributed by atoms with Crippen LogP contribution < -0.4 is 16.0 Å². The Balaban J connectivity index is 1.74. The van der Waals surface area contributed by atoms with Crippen molar-refractivity contribution in [1.82, 2.24) is 18.7 Å². The van der Waals surface area contributed by atoms with Gasteiger partial charge in [0, 0.05) is 6.54 Å². The van der Waals surface area contributed by atoms with Gasteiger partial charge in [0.25, 0.3) is 5.56 Å². The summed E-state index contributed by atoms with van der Waals surface area (Å²) < 4.78 is 10.3. The number of nitrogens with zero attached hydrogens (tertiary/aromatic N) is 4. The molecule has 2 aromatic heterocycles. The number of imidazole rings is 1. The maximum absolute atomic E-state index is 13.2. The van der Waals surface area contributed by atoms with Crippen LogP contribution in [0.4, 0.5) is 0 Å². The largest absolute Gasteiger partial charge is 0.492 e. The number of hydrogen-bond donors (Lipinski definition) is 0. The fourth-order valence-electron chi connectivity index (χ4n) is 3.36. The van der Waals surface area contributed by atoms with Crippen molar-refractivity contribution in [2.24, 2.45) is 0 Å². The lowest BCUT2D eigenvalue weighted by molar-refractivity contribution is 0.292. The van der Waals surface area contributed by atoms with Crippen LogP contribution in [0.25, 0.3) is 11.2 Å². The summed E-state index contributed by atoms with van der Waals surface area (Å²) in [6, 6.07) is 19.0. The van der Waals surface area contributed by atoms with Gasteiger partial charge in [-0.25, -0.2) is 9.78 Å². The lowest BCUT2D eigenvalue weighted by atomic mass is 10.2. The number of aryl methyl sites for hydroxylation is 1. The maximum Gasteiger partial charge on any atom is 0.333 e. The van der Waals surface area contributed by atoms with E-state index in [0.717, 1.165) is 5.56 Å². The minimum atomic E-state index is -0.385. The quantitative estimate of drug-likeness (QED) is 0.486. The molecule has 4 rings (SSSR count). The molecule has 0 aliphatic heterocycles. The van der Waals surface area contributed by atoms with Crippen LogP contribution in [0, 0.1) is 0 Å². The Labute approximate surface area is 167 Å². The zero-order chi connectivity index (χ0) is 20.2. The normalized spacial score (nSPS) is 11.1. The molecule has 0 bridgehead atoms. The van der Waals surface area contributed by atoms with E-state index in [1.807, 2.05) is 67.6 Å². The highest BCUT2D eigenvalue weighted by Crippen LogP contribution is 2.10. The zero-order valence-electron chi connectivity index (χ0n) is 16.2. The monoisotopic (exact) mass is 390 g/mol. The Morgan fingerprint density at radius 2 is 1.62 bits per heavy atom. The molecule has 0 aliphatic carbocycles. The number of para-hydroxylation sites is 1. The molecule has 0 aliphatic rings. The predicted molar refractivity (Wildman–Crippen MR) is 111 cm³/mol. The molecule has 29 heavy (non-hydrogen) atoms. The molecule has 0 unspecified atom stereocenters. The van der Waals surface area contributed by atoms with Crippen LogP contribution in [0.1, 0.15) is 12.5 Å². The summed E-state index contributed by atoms with van der Waals surface area (Å²) in [7, 11) is 0. The molecule has 2 aromatic carbocycles. The molecule has 7 nitrogen and oxygen atoms in total. The van der Waals surface area contributed by atoms with Crippen LogP contribution in [0.15, 0.2) is 76.6 Å². The van der Waals surface area contributed by atoms with Crippen molar-refractivity contribution >= 4 is 11.2 Å². The molecular weight excluding hydrogens is 368 g/mol. The number of aromatic nitrogens is 4. The van der Waals surface area contributed by atoms with Crippen molar-refractivity contribution in [2.75, 3.05) is 6.61 Å². The van der Waals surface area contributed by atoms with E-state index < -0.39 is 0 Å². The first-order valence-electron chi connectivity index (χ1n) is 9.59. The molecular formula is C22H22N4O3. The van der Waals surface area contributed by atoms with Gasteiger partial charge in [0.2, 0.25) is 0 Å². The highest BCUT2D eigenvalue weighted by molar-refractivity contribution is 5.70. The van der Waals surface area contributed by atoms with E-state index in [2.05, 4.69) is 4.98 Å². The summed E-state index contributed by atoms with van der Waals surface area (Å²) >= 11 is 0. The number of ether oxygens (including phenoxy) is 1. The summed E-state index contributed by atoms with van der Waals surface area (Å²) in [4.78, 5) is 30.6. The first-order chi connectivity index (χ1) is 14.2. The van der Waals surface area contributed by atoms with Gasteiger partial charge in [-0.3, -0.25) is 13.9 Å². The highest BCUT2D eigenvalue weighted by Gasteiger charge is 2.17. The van der Waals surface area contributed by atoms with E-state index in [-0.39, 0.29) is 24.4 Å². The molecule has 0 saturated carbocycles. The third-order valence-corrected chi connectivity index (χ3v) is 4.83. The Morgan fingerprint density at radius 1 is 0.931 bits per heavy atom. The van der Waals surface area contributed by atoms with Gasteiger partial charge in [-0.2, -0.15) is 0 Å². The Kier molecular flexibility index (Phi) is 5.29. The van der Waals surface area contributed by atoms with Crippen molar-refractivity contribution in [3.05, 3.63) is 93.4 Å². The van der Waals surface area contributed by atoms with Gasteiger partial charge in [-0.15, -0.1) is 0 Å². The molecule has 0 atom stereocenters. The van der Waals surface area contributed by atoms with E-state index in [4.69, 9.17) is 4.74 Å². The SMILES string of the molecule is CCn1cnc2c1c(=O)n(CCOc1ccccc1)c(=O)n2Cc1ccccc1. The van der Waals surface area contributed by atoms with Gasteiger partial charge >= 0.3 is 5.69 Å². The van der Waals surface area contributed by atoms with Crippen LogP contribution in [0.3, 0.4) is 0 Å². The third kappa shape index (κ3) is 3.71. The van der Waals surface area contributed by atoms with Crippen molar-refractivity contribution < 1.29 is 4.74 Å². The average molecular weight is 390 g/mol. The molecule has 7 heteroatoms. The molecule has 4 aromatic rings. The molecule has 0 saturated heterocycles. The predicted octanol–water partition coefficient (Wildman–Crippen LogP) is 2.51. The summed E-state index contributed by atoms with van der Waals surface area (Å²) in [5, 5.41) is 0. The standard InChI is InChI=1S/C22H22N4O3/c1-2-24-16-23-20-19(24)21(27)25(13-14-29-18-11-7-4-8-12-18)22(28)26(20)15-17-9-5-3-6-10-17/h3-12,16H,2,13-15H2,1H3. The number of benzene rings is 2. The highest BCUT2D eigenvalue weighted by atomic mass is 16.5. The van der Waals surface area contributed by atoms with Crippen molar-refractivity contribution in [3.63, 3.8) is 0 Å². The molecule has 0 amide bonds. The van der Waals surface area contributed by atoms with Crippen LogP contribution in [-0.4, -0.2) is 25.3 Å². The van der Waals surface area contributed by atoms with Gasteiger partial charge in [-0.1, -0.05) is 48.5 Å². The summed E-state index contributed by atoms with van der Waals surface area (Å²) in [6.45, 7) is 3.25. The lowest BCUT2D eigenvalue weighted by Gasteiger charge is -2.13. The minimum Gasteiger partial charge on any atom is -0.492 e. The van der Waals surface area contributed by atoms with Crippen molar-refractivity contribution in [2.45, 2.75) is 26.6 Å². The Hall–Kier alpha value is -3.61. The summed E-state index contributed by atoms with van der Waals surface area (Å²) in [5.74, 6) is 0.699. The molecule has 0 N–H and O–H groups in total. The zero-order valence-corrected chi connectivity index (χ0v) is 16.2. The first-order valence-corrected chi connectivity index (χ1v) is 9.59. The average Bonchev–Trinajstić information content (AvgIpc) is 3.19. The molecule has 148 valence electrons. The van der Waals surface area contributed by atoms with Crippen LogP contribution in [-0.2, 0) is 19.6 Å². The Bertz CT molecular complexity index is 1220. The second-order valence-corrected chi connectivity index (χ2v) is 6.68. The minimum absolute atomic E-state index is 0.159. The topological polar surface area (TPSA) is 71.1 Å². The molecule has 2 heterocycles. The molecule has 0 spiro atoms. The van der Waals surface area contributed by atoms with Crippen LogP contribution in [0.5, 0.6) is 5.75 Å². The van der Waals surface area contributed by atoms with Crippen molar-refractivity contribution in [3.8, 4) is 5.75 Å². The van der Waals surface area contributed by atoms with E-state index in [0.29, 0.717) is 30.0 Å². The van der Waals surface area contributed by atoms with Gasteiger partial charge in [-0.05, 0) is 24.6 Å². The van der Waals surface area contributed by atoms with E-state index >= 15 is 0 Å².